The first kappa shape index (κ1) is 16.8. The third kappa shape index (κ3) is 4.73. The highest BCUT2D eigenvalue weighted by molar-refractivity contribution is 6.06. The van der Waals surface area contributed by atoms with Gasteiger partial charge in [-0.1, -0.05) is 6.07 Å². The SMILES string of the molecule is N#C/C(=C/N1CCCCC1CCO)C(=O)Nc1cccc(O)c1. The molecule has 0 bridgehead atoms. The number of amides is 1. The first-order valence-electron chi connectivity index (χ1n) is 7.73. The van der Waals surface area contributed by atoms with Crippen LogP contribution in [0.4, 0.5) is 5.69 Å². The zero-order valence-corrected chi connectivity index (χ0v) is 12.9. The van der Waals surface area contributed by atoms with Crippen molar-refractivity contribution in [3.05, 3.63) is 36.0 Å². The van der Waals surface area contributed by atoms with Gasteiger partial charge in [-0.25, -0.2) is 0 Å². The monoisotopic (exact) mass is 315 g/mol. The number of phenolic OH excluding ortho intramolecular Hbond substituents is 1. The van der Waals surface area contributed by atoms with Gasteiger partial charge in [0.25, 0.3) is 5.91 Å². The van der Waals surface area contributed by atoms with Crippen molar-refractivity contribution in [1.82, 2.24) is 4.90 Å². The van der Waals surface area contributed by atoms with Crippen LogP contribution in [0.5, 0.6) is 5.75 Å². The minimum atomic E-state index is -0.508. The van der Waals surface area contributed by atoms with E-state index in [1.165, 1.54) is 12.1 Å². The van der Waals surface area contributed by atoms with Gasteiger partial charge in [-0.2, -0.15) is 5.26 Å². The molecular weight excluding hydrogens is 294 g/mol. The molecule has 122 valence electrons. The van der Waals surface area contributed by atoms with Crippen LogP contribution in [0.2, 0.25) is 0 Å². The Morgan fingerprint density at radius 1 is 1.48 bits per heavy atom. The van der Waals surface area contributed by atoms with Crippen LogP contribution in [-0.4, -0.2) is 40.2 Å². The van der Waals surface area contributed by atoms with Gasteiger partial charge in [0, 0.05) is 37.1 Å². The number of carbonyl (C=O) groups excluding carboxylic acids is 1. The second-order valence-electron chi connectivity index (χ2n) is 5.56. The molecule has 1 fully saturated rings. The molecule has 1 aliphatic heterocycles. The Kier molecular flexibility index (Phi) is 6.01. The molecule has 6 nitrogen and oxygen atoms in total. The Morgan fingerprint density at radius 3 is 3.00 bits per heavy atom. The van der Waals surface area contributed by atoms with E-state index in [1.54, 1.807) is 18.3 Å². The van der Waals surface area contributed by atoms with Gasteiger partial charge < -0.3 is 20.4 Å². The molecule has 1 aliphatic rings. The van der Waals surface area contributed by atoms with Crippen LogP contribution in [0.15, 0.2) is 36.0 Å². The highest BCUT2D eigenvalue weighted by atomic mass is 16.3. The molecule has 2 rings (SSSR count). The van der Waals surface area contributed by atoms with Crippen molar-refractivity contribution in [2.24, 2.45) is 0 Å². The van der Waals surface area contributed by atoms with Crippen LogP contribution >= 0.6 is 0 Å². The number of hydrogen-bond acceptors (Lipinski definition) is 5. The van der Waals surface area contributed by atoms with E-state index in [-0.39, 0.29) is 24.0 Å². The van der Waals surface area contributed by atoms with Crippen molar-refractivity contribution in [3.63, 3.8) is 0 Å². The zero-order chi connectivity index (χ0) is 16.7. The number of anilines is 1. The Hall–Kier alpha value is -2.52. The van der Waals surface area contributed by atoms with Gasteiger partial charge in [0.1, 0.15) is 17.4 Å². The number of nitriles is 1. The normalized spacial score (nSPS) is 18.3. The van der Waals surface area contributed by atoms with Crippen molar-refractivity contribution in [3.8, 4) is 11.8 Å². The number of phenols is 1. The number of rotatable bonds is 5. The molecule has 1 heterocycles. The maximum atomic E-state index is 12.2. The van der Waals surface area contributed by atoms with Gasteiger partial charge in [-0.05, 0) is 37.8 Å². The lowest BCUT2D eigenvalue weighted by atomic mass is 10.00. The molecule has 1 aromatic rings. The van der Waals surface area contributed by atoms with Crippen LogP contribution in [0.25, 0.3) is 0 Å². The van der Waals surface area contributed by atoms with Gasteiger partial charge >= 0.3 is 0 Å². The fraction of sp³-hybridized carbons (Fsp3) is 0.412. The second-order valence-corrected chi connectivity index (χ2v) is 5.56. The van der Waals surface area contributed by atoms with Crippen molar-refractivity contribution in [1.29, 1.82) is 5.26 Å². The summed E-state index contributed by atoms with van der Waals surface area (Å²) in [5.74, 6) is -0.462. The molecule has 0 saturated carbocycles. The summed E-state index contributed by atoms with van der Waals surface area (Å²) in [7, 11) is 0. The van der Waals surface area contributed by atoms with Crippen LogP contribution in [0.3, 0.4) is 0 Å². The number of piperidine rings is 1. The third-order valence-electron chi connectivity index (χ3n) is 3.90. The summed E-state index contributed by atoms with van der Waals surface area (Å²) in [6.07, 6.45) is 5.25. The smallest absolute Gasteiger partial charge is 0.267 e. The van der Waals surface area contributed by atoms with E-state index in [4.69, 9.17) is 5.11 Å². The topological polar surface area (TPSA) is 96.6 Å². The summed E-state index contributed by atoms with van der Waals surface area (Å²) in [6.45, 7) is 0.863. The molecular formula is C17H21N3O3. The Labute approximate surface area is 135 Å². The number of hydrogen-bond donors (Lipinski definition) is 3. The Morgan fingerprint density at radius 2 is 2.30 bits per heavy atom. The molecule has 1 saturated heterocycles. The molecule has 1 unspecified atom stereocenters. The molecule has 0 radical (unpaired) electrons. The minimum absolute atomic E-state index is 0.0122. The summed E-state index contributed by atoms with van der Waals surface area (Å²) in [5, 5.41) is 30.4. The van der Waals surface area contributed by atoms with Gasteiger partial charge in [0.15, 0.2) is 0 Å². The van der Waals surface area contributed by atoms with E-state index < -0.39 is 5.91 Å². The van der Waals surface area contributed by atoms with Gasteiger partial charge in [-0.15, -0.1) is 0 Å². The summed E-state index contributed by atoms with van der Waals surface area (Å²) < 4.78 is 0. The van der Waals surface area contributed by atoms with E-state index in [2.05, 4.69) is 5.32 Å². The number of aliphatic hydroxyl groups is 1. The molecule has 0 aliphatic carbocycles. The van der Waals surface area contributed by atoms with Crippen molar-refractivity contribution < 1.29 is 15.0 Å². The summed E-state index contributed by atoms with van der Waals surface area (Å²) in [5.41, 5.74) is 0.444. The molecule has 1 atom stereocenters. The van der Waals surface area contributed by atoms with Crippen LogP contribution in [0.1, 0.15) is 25.7 Å². The van der Waals surface area contributed by atoms with Crippen LogP contribution in [0, 0.1) is 11.3 Å². The van der Waals surface area contributed by atoms with E-state index in [0.29, 0.717) is 12.1 Å². The van der Waals surface area contributed by atoms with Crippen molar-refractivity contribution >= 4 is 11.6 Å². The fourth-order valence-electron chi connectivity index (χ4n) is 2.74. The molecule has 3 N–H and O–H groups in total. The maximum Gasteiger partial charge on any atom is 0.267 e. The summed E-state index contributed by atoms with van der Waals surface area (Å²) in [6, 6.07) is 8.26. The lowest BCUT2D eigenvalue weighted by Crippen LogP contribution is -2.37. The summed E-state index contributed by atoms with van der Waals surface area (Å²) >= 11 is 0. The zero-order valence-electron chi connectivity index (χ0n) is 12.9. The van der Waals surface area contributed by atoms with Crippen molar-refractivity contribution in [2.75, 3.05) is 18.5 Å². The van der Waals surface area contributed by atoms with Crippen LogP contribution < -0.4 is 5.32 Å². The van der Waals surface area contributed by atoms with Crippen LogP contribution in [-0.2, 0) is 4.79 Å². The molecule has 1 amide bonds. The van der Waals surface area contributed by atoms with E-state index >= 15 is 0 Å². The lowest BCUT2D eigenvalue weighted by Gasteiger charge is -2.34. The highest BCUT2D eigenvalue weighted by Gasteiger charge is 2.21. The second kappa shape index (κ2) is 8.20. The largest absolute Gasteiger partial charge is 0.508 e. The quantitative estimate of drug-likeness (QED) is 0.570. The maximum absolute atomic E-state index is 12.2. The van der Waals surface area contributed by atoms with Gasteiger partial charge in [0.2, 0.25) is 0 Å². The molecule has 1 aromatic carbocycles. The molecule has 0 aromatic heterocycles. The first-order valence-corrected chi connectivity index (χ1v) is 7.73. The van der Waals surface area contributed by atoms with E-state index in [9.17, 15) is 15.2 Å². The molecule has 0 spiro atoms. The van der Waals surface area contributed by atoms with Crippen molar-refractivity contribution in [2.45, 2.75) is 31.7 Å². The molecule has 23 heavy (non-hydrogen) atoms. The predicted octanol–water partition coefficient (Wildman–Crippen LogP) is 1.98. The van der Waals surface area contributed by atoms with Gasteiger partial charge in [0.05, 0.1) is 0 Å². The number of likely N-dealkylation sites (tertiary alicyclic amines) is 1. The van der Waals surface area contributed by atoms with Gasteiger partial charge in [-0.3, -0.25) is 4.79 Å². The highest BCUT2D eigenvalue weighted by Crippen LogP contribution is 2.21. The number of nitrogens with one attached hydrogen (secondary N) is 1. The Bertz CT molecular complexity index is 620. The fourth-order valence-corrected chi connectivity index (χ4v) is 2.74. The Balaban J connectivity index is 2.10. The summed E-state index contributed by atoms with van der Waals surface area (Å²) in [4.78, 5) is 14.2. The molecule has 6 heteroatoms. The third-order valence-corrected chi connectivity index (χ3v) is 3.90. The first-order chi connectivity index (χ1) is 11.1. The lowest BCUT2D eigenvalue weighted by molar-refractivity contribution is -0.112. The predicted molar refractivity (Wildman–Crippen MR) is 86.5 cm³/mol. The number of carbonyl (C=O) groups is 1. The average molecular weight is 315 g/mol. The van der Waals surface area contributed by atoms with E-state index in [1.807, 2.05) is 11.0 Å². The number of nitrogens with zero attached hydrogens (tertiary/aromatic N) is 2. The standard InChI is InChI=1S/C17H21N3O3/c18-11-13(12-20-8-2-1-5-15(20)7-9-21)17(23)19-14-4-3-6-16(22)10-14/h3-4,6,10,12,15,21-22H,1-2,5,7-9H2,(H,19,23)/b13-12-. The minimum Gasteiger partial charge on any atom is -0.508 e. The van der Waals surface area contributed by atoms with E-state index in [0.717, 1.165) is 25.8 Å². The number of aliphatic hydroxyl groups excluding tert-OH is 1. The average Bonchev–Trinajstić information content (AvgIpc) is 2.54. The number of benzene rings is 1. The number of aromatic hydroxyl groups is 1.